The molecule has 0 bridgehead atoms. The quantitative estimate of drug-likeness (QED) is 0.812. The van der Waals surface area contributed by atoms with Crippen LogP contribution in [0.15, 0.2) is 48.7 Å². The molecule has 2 aromatic rings. The Kier molecular flexibility index (Phi) is 6.97. The molecule has 0 unspecified atom stereocenters. The molecule has 1 aromatic carbocycles. The average Bonchev–Trinajstić information content (AvgIpc) is 2.68. The molecule has 2 heterocycles. The molecular weight excluding hydrogens is 375 g/mol. The van der Waals surface area contributed by atoms with Crippen molar-refractivity contribution >= 4 is 17.7 Å². The number of carboxylic acid groups (broad SMARTS) is 1. The van der Waals surface area contributed by atoms with Crippen molar-refractivity contribution in [3.05, 3.63) is 59.8 Å². The Hall–Kier alpha value is -3.10. The van der Waals surface area contributed by atoms with Gasteiger partial charge in [0.1, 0.15) is 11.9 Å². The highest BCUT2D eigenvalue weighted by Gasteiger charge is 2.32. The van der Waals surface area contributed by atoms with Gasteiger partial charge in [0.25, 0.3) is 5.91 Å². The average molecular weight is 395 g/mol. The number of halogens is 3. The number of pyridine rings is 1. The number of hydrogen-bond donors (Lipinski definition) is 2. The van der Waals surface area contributed by atoms with Crippen LogP contribution in [0.5, 0.6) is 0 Å². The first-order chi connectivity index (χ1) is 13.2. The zero-order chi connectivity index (χ0) is 20.7. The molecule has 0 saturated carbocycles. The van der Waals surface area contributed by atoms with Gasteiger partial charge in [-0.05, 0) is 43.5 Å². The Morgan fingerprint density at radius 3 is 2.32 bits per heavy atom. The number of aromatic nitrogens is 1. The van der Waals surface area contributed by atoms with Crippen LogP contribution in [-0.4, -0.2) is 39.5 Å². The van der Waals surface area contributed by atoms with Crippen molar-refractivity contribution in [2.45, 2.75) is 31.5 Å². The van der Waals surface area contributed by atoms with Gasteiger partial charge in [0.2, 0.25) is 0 Å². The van der Waals surface area contributed by atoms with Crippen molar-refractivity contribution in [1.29, 1.82) is 0 Å². The maximum absolute atomic E-state index is 12.2. The highest BCUT2D eigenvalue weighted by molar-refractivity contribution is 5.96. The number of likely N-dealkylation sites (tertiary alicyclic amines) is 1. The summed E-state index contributed by atoms with van der Waals surface area (Å²) in [4.78, 5) is 28.1. The van der Waals surface area contributed by atoms with Crippen molar-refractivity contribution in [1.82, 2.24) is 9.88 Å². The van der Waals surface area contributed by atoms with Gasteiger partial charge in [-0.1, -0.05) is 18.2 Å². The molecule has 1 amide bonds. The minimum Gasteiger partial charge on any atom is -0.480 e. The number of carboxylic acids is 1. The summed E-state index contributed by atoms with van der Waals surface area (Å²) in [5, 5.41) is 9.11. The summed E-state index contributed by atoms with van der Waals surface area (Å²) < 4.78 is 35.5. The van der Waals surface area contributed by atoms with E-state index in [4.69, 9.17) is 10.8 Å². The molecule has 1 atom stereocenters. The van der Waals surface area contributed by atoms with E-state index in [0.29, 0.717) is 24.7 Å². The summed E-state index contributed by atoms with van der Waals surface area (Å²) in [7, 11) is 0. The van der Waals surface area contributed by atoms with Gasteiger partial charge in [-0.2, -0.15) is 13.2 Å². The number of nitrogens with zero attached hydrogens (tertiary/aromatic N) is 2. The summed E-state index contributed by atoms with van der Waals surface area (Å²) >= 11 is 0. The molecule has 28 heavy (non-hydrogen) atoms. The zero-order valence-corrected chi connectivity index (χ0v) is 14.9. The Morgan fingerprint density at radius 1 is 1.11 bits per heavy atom. The van der Waals surface area contributed by atoms with E-state index < -0.39 is 23.8 Å². The van der Waals surface area contributed by atoms with E-state index >= 15 is 0 Å². The molecule has 1 fully saturated rings. The van der Waals surface area contributed by atoms with Crippen LogP contribution in [0, 0.1) is 0 Å². The van der Waals surface area contributed by atoms with E-state index in [9.17, 15) is 22.8 Å². The minimum absolute atomic E-state index is 0.0815. The number of nitrogens with two attached hydrogens (primary N) is 1. The van der Waals surface area contributed by atoms with E-state index in [1.165, 1.54) is 4.90 Å². The number of carbonyl (C=O) groups is 2. The fourth-order valence-corrected chi connectivity index (χ4v) is 2.75. The number of alkyl halides is 3. The van der Waals surface area contributed by atoms with Crippen LogP contribution in [0.1, 0.15) is 35.2 Å². The van der Waals surface area contributed by atoms with Gasteiger partial charge in [0.05, 0.1) is 5.56 Å². The molecular formula is C19H20F3N3O3. The molecule has 0 radical (unpaired) electrons. The van der Waals surface area contributed by atoms with Crippen LogP contribution in [0.2, 0.25) is 0 Å². The third kappa shape index (κ3) is 5.70. The molecule has 1 aromatic heterocycles. The van der Waals surface area contributed by atoms with Crippen LogP contribution in [0.4, 0.5) is 19.0 Å². The maximum atomic E-state index is 12.2. The Balaban J connectivity index is 0.000000221. The van der Waals surface area contributed by atoms with Gasteiger partial charge in [0.15, 0.2) is 0 Å². The Labute approximate surface area is 159 Å². The second-order valence-corrected chi connectivity index (χ2v) is 6.18. The second kappa shape index (κ2) is 9.20. The van der Waals surface area contributed by atoms with Crippen molar-refractivity contribution in [2.24, 2.45) is 0 Å². The predicted molar refractivity (Wildman–Crippen MR) is 96.4 cm³/mol. The molecule has 6 nitrogen and oxygen atoms in total. The number of anilines is 1. The molecule has 3 rings (SSSR count). The topological polar surface area (TPSA) is 96.5 Å². The molecule has 0 spiro atoms. The summed E-state index contributed by atoms with van der Waals surface area (Å²) in [5.41, 5.74) is 4.86. The predicted octanol–water partition coefficient (Wildman–Crippen LogP) is 3.45. The lowest BCUT2D eigenvalue weighted by Gasteiger charge is -2.33. The van der Waals surface area contributed by atoms with Gasteiger partial charge in [-0.15, -0.1) is 0 Å². The molecule has 3 N–H and O–H groups in total. The first kappa shape index (κ1) is 21.2. The fraction of sp³-hybridized carbons (Fsp3) is 0.316. The highest BCUT2D eigenvalue weighted by Crippen LogP contribution is 2.28. The summed E-state index contributed by atoms with van der Waals surface area (Å²) in [6.45, 7) is 0.532. The molecule has 9 heteroatoms. The van der Waals surface area contributed by atoms with Gasteiger partial charge in [-0.25, -0.2) is 9.78 Å². The molecule has 1 saturated heterocycles. The minimum atomic E-state index is -4.33. The molecule has 1 aliphatic heterocycles. The summed E-state index contributed by atoms with van der Waals surface area (Å²) in [5.74, 6) is -1.01. The lowest BCUT2D eigenvalue weighted by atomic mass is 10.0. The lowest BCUT2D eigenvalue weighted by Crippen LogP contribution is -2.47. The number of piperidine rings is 1. The standard InChI is InChI=1S/C13H15NO3.C6H5F3N2/c15-12(10-6-2-1-3-7-10)14-9-5-4-8-11(14)13(16)17;7-6(8,9)4-1-2-5(10)11-3-4/h1-3,6-7,11H,4-5,8-9H2,(H,16,17);1-3H,(H2,10,11)/t11-;/m0./s1. The van der Waals surface area contributed by atoms with Gasteiger partial charge in [-0.3, -0.25) is 4.79 Å². The normalized spacial score (nSPS) is 16.7. The number of aliphatic carboxylic acids is 1. The monoisotopic (exact) mass is 395 g/mol. The third-order valence-corrected chi connectivity index (χ3v) is 4.18. The molecule has 150 valence electrons. The smallest absolute Gasteiger partial charge is 0.417 e. The number of nitrogen functional groups attached to an aromatic ring is 1. The van der Waals surface area contributed by atoms with Gasteiger partial charge in [0, 0.05) is 18.3 Å². The van der Waals surface area contributed by atoms with Crippen molar-refractivity contribution < 1.29 is 27.9 Å². The van der Waals surface area contributed by atoms with E-state index in [-0.39, 0.29) is 11.7 Å². The van der Waals surface area contributed by atoms with Crippen LogP contribution < -0.4 is 5.73 Å². The number of rotatable bonds is 2. The number of carbonyl (C=O) groups excluding carboxylic acids is 1. The van der Waals surface area contributed by atoms with E-state index in [1.54, 1.807) is 24.3 Å². The van der Waals surface area contributed by atoms with E-state index in [1.807, 2.05) is 6.07 Å². The summed E-state index contributed by atoms with van der Waals surface area (Å²) in [6.07, 6.45) is -1.33. The van der Waals surface area contributed by atoms with Crippen LogP contribution in [0.25, 0.3) is 0 Å². The Bertz CT molecular complexity index is 796. The number of amides is 1. The Morgan fingerprint density at radius 2 is 1.79 bits per heavy atom. The van der Waals surface area contributed by atoms with Crippen LogP contribution in [-0.2, 0) is 11.0 Å². The fourth-order valence-electron chi connectivity index (χ4n) is 2.75. The molecule has 0 aliphatic carbocycles. The molecule has 1 aliphatic rings. The van der Waals surface area contributed by atoms with Gasteiger partial charge < -0.3 is 15.7 Å². The zero-order valence-electron chi connectivity index (χ0n) is 14.9. The van der Waals surface area contributed by atoms with Crippen molar-refractivity contribution in [3.8, 4) is 0 Å². The highest BCUT2D eigenvalue weighted by atomic mass is 19.4. The van der Waals surface area contributed by atoms with E-state index in [2.05, 4.69) is 4.98 Å². The first-order valence-corrected chi connectivity index (χ1v) is 8.57. The first-order valence-electron chi connectivity index (χ1n) is 8.57. The van der Waals surface area contributed by atoms with Crippen molar-refractivity contribution in [3.63, 3.8) is 0 Å². The number of hydrogen-bond acceptors (Lipinski definition) is 4. The number of benzene rings is 1. The van der Waals surface area contributed by atoms with Gasteiger partial charge >= 0.3 is 12.1 Å². The SMILES string of the molecule is Nc1ccc(C(F)(F)F)cn1.O=C(O)[C@@H]1CCCCN1C(=O)c1ccccc1. The maximum Gasteiger partial charge on any atom is 0.417 e. The largest absolute Gasteiger partial charge is 0.480 e. The summed E-state index contributed by atoms with van der Waals surface area (Å²) in [6, 6.07) is 10.2. The second-order valence-electron chi connectivity index (χ2n) is 6.18. The van der Waals surface area contributed by atoms with Crippen LogP contribution in [0.3, 0.4) is 0 Å². The van der Waals surface area contributed by atoms with Crippen molar-refractivity contribution in [2.75, 3.05) is 12.3 Å². The van der Waals surface area contributed by atoms with Crippen LogP contribution >= 0.6 is 0 Å². The van der Waals surface area contributed by atoms with E-state index in [0.717, 1.165) is 25.0 Å². The lowest BCUT2D eigenvalue weighted by molar-refractivity contribution is -0.143. The third-order valence-electron chi connectivity index (χ3n) is 4.18.